The molecule has 8 heteroatoms. The van der Waals surface area contributed by atoms with E-state index >= 15 is 0 Å². The van der Waals surface area contributed by atoms with E-state index in [0.29, 0.717) is 16.6 Å². The molecule has 0 aliphatic rings. The number of carbonyl (C=O) groups is 1. The summed E-state index contributed by atoms with van der Waals surface area (Å²) < 4.78 is 1.51. The maximum absolute atomic E-state index is 11.5. The Bertz CT molecular complexity index is 625. The Balaban J connectivity index is 1.88. The molecule has 0 saturated heterocycles. The number of carbonyl (C=O) groups excluding carboxylic acids is 1. The van der Waals surface area contributed by atoms with Crippen LogP contribution < -0.4 is 10.6 Å². The van der Waals surface area contributed by atoms with Crippen LogP contribution in [0.15, 0.2) is 30.6 Å². The summed E-state index contributed by atoms with van der Waals surface area (Å²) in [5, 5.41) is 19.6. The Morgan fingerprint density at radius 1 is 1.27 bits per heavy atom. The number of benzene rings is 1. The van der Waals surface area contributed by atoms with Crippen LogP contribution in [-0.4, -0.2) is 33.9 Å². The minimum Gasteiger partial charge on any atom is -0.395 e. The third-order valence-corrected chi connectivity index (χ3v) is 3.23. The number of halogens is 2. The van der Waals surface area contributed by atoms with Gasteiger partial charge in [0.2, 0.25) is 5.91 Å². The van der Waals surface area contributed by atoms with E-state index in [2.05, 4.69) is 15.7 Å². The molecule has 3 N–H and O–H groups in total. The van der Waals surface area contributed by atoms with Crippen molar-refractivity contribution in [1.82, 2.24) is 15.1 Å². The average molecular weight is 343 g/mol. The zero-order valence-electron chi connectivity index (χ0n) is 11.7. The lowest BCUT2D eigenvalue weighted by atomic mass is 10.2. The Hall–Kier alpha value is -1.76. The molecule has 6 nitrogen and oxygen atoms in total. The minimum absolute atomic E-state index is 0.0835. The van der Waals surface area contributed by atoms with E-state index in [0.717, 1.165) is 11.3 Å². The molecule has 1 amide bonds. The highest BCUT2D eigenvalue weighted by Gasteiger charge is 2.05. The van der Waals surface area contributed by atoms with Gasteiger partial charge in [-0.1, -0.05) is 23.2 Å². The van der Waals surface area contributed by atoms with Crippen LogP contribution in [-0.2, 0) is 17.9 Å². The predicted molar refractivity (Wildman–Crippen MR) is 86.1 cm³/mol. The number of rotatable bonds is 7. The summed E-state index contributed by atoms with van der Waals surface area (Å²) in [4.78, 5) is 11.5. The van der Waals surface area contributed by atoms with Gasteiger partial charge in [0.05, 0.1) is 18.5 Å². The number of hydrogen-bond donors (Lipinski definition) is 3. The van der Waals surface area contributed by atoms with Crippen molar-refractivity contribution < 1.29 is 9.90 Å². The predicted octanol–water partition coefficient (Wildman–Crippen LogP) is 1.91. The third kappa shape index (κ3) is 5.22. The lowest BCUT2D eigenvalue weighted by molar-refractivity contribution is -0.122. The number of nitrogens with one attached hydrogen (secondary N) is 2. The Morgan fingerprint density at radius 2 is 2.00 bits per heavy atom. The summed E-state index contributed by atoms with van der Waals surface area (Å²) in [5.41, 5.74) is 1.73. The number of aliphatic hydroxyl groups is 1. The van der Waals surface area contributed by atoms with E-state index in [1.807, 2.05) is 12.1 Å². The summed E-state index contributed by atoms with van der Waals surface area (Å²) in [6.07, 6.45) is 3.36. The maximum Gasteiger partial charge on any atom is 0.241 e. The van der Waals surface area contributed by atoms with Crippen LogP contribution in [0.5, 0.6) is 0 Å². The number of aromatic nitrogens is 2. The molecule has 2 rings (SSSR count). The molecule has 0 bridgehead atoms. The lowest BCUT2D eigenvalue weighted by Crippen LogP contribution is -2.30. The van der Waals surface area contributed by atoms with E-state index in [9.17, 15) is 4.79 Å². The molecular formula is C14H16Cl2N4O2. The van der Waals surface area contributed by atoms with Gasteiger partial charge < -0.3 is 15.7 Å². The zero-order valence-corrected chi connectivity index (χ0v) is 13.2. The van der Waals surface area contributed by atoms with Crippen LogP contribution in [0.2, 0.25) is 10.0 Å². The second kappa shape index (κ2) is 8.03. The zero-order chi connectivity index (χ0) is 15.9. The number of hydrogen-bond acceptors (Lipinski definition) is 4. The first kappa shape index (κ1) is 16.6. The van der Waals surface area contributed by atoms with Crippen LogP contribution in [0.4, 0.5) is 5.69 Å². The van der Waals surface area contributed by atoms with Gasteiger partial charge in [-0.05, 0) is 23.8 Å². The van der Waals surface area contributed by atoms with Crippen molar-refractivity contribution in [2.24, 2.45) is 0 Å². The fraction of sp³-hybridized carbons (Fsp3) is 0.286. The topological polar surface area (TPSA) is 79.2 Å². The fourth-order valence-electron chi connectivity index (χ4n) is 1.86. The van der Waals surface area contributed by atoms with Crippen molar-refractivity contribution >= 4 is 34.8 Å². The number of aliphatic hydroxyl groups excluding tert-OH is 1. The first-order valence-corrected chi connectivity index (χ1v) is 7.41. The van der Waals surface area contributed by atoms with Gasteiger partial charge in [-0.15, -0.1) is 0 Å². The standard InChI is InChI=1S/C14H16Cl2N4O2/c15-11-3-10(4-12(16)5-11)6-18-13-7-19-20(8-13)9-14(22)17-1-2-21/h3-5,7-8,18,21H,1-2,6,9H2,(H,17,22). The highest BCUT2D eigenvalue weighted by molar-refractivity contribution is 6.34. The second-order valence-electron chi connectivity index (χ2n) is 4.63. The molecule has 1 aromatic heterocycles. The molecule has 0 aliphatic carbocycles. The first-order valence-electron chi connectivity index (χ1n) is 6.65. The van der Waals surface area contributed by atoms with Gasteiger partial charge in [-0.25, -0.2) is 0 Å². The molecule has 0 spiro atoms. The van der Waals surface area contributed by atoms with Gasteiger partial charge in [-0.2, -0.15) is 5.10 Å². The van der Waals surface area contributed by atoms with Gasteiger partial charge >= 0.3 is 0 Å². The van der Waals surface area contributed by atoms with Gasteiger partial charge in [0, 0.05) is 29.3 Å². The number of nitrogens with zero attached hydrogens (tertiary/aromatic N) is 2. The van der Waals surface area contributed by atoms with Crippen molar-refractivity contribution in [2.75, 3.05) is 18.5 Å². The molecule has 118 valence electrons. The van der Waals surface area contributed by atoms with Gasteiger partial charge in [0.25, 0.3) is 0 Å². The molecule has 0 unspecified atom stereocenters. The molecule has 22 heavy (non-hydrogen) atoms. The summed E-state index contributed by atoms with van der Waals surface area (Å²) in [5.74, 6) is -0.203. The first-order chi connectivity index (χ1) is 10.6. The Morgan fingerprint density at radius 3 is 2.68 bits per heavy atom. The third-order valence-electron chi connectivity index (χ3n) is 2.79. The molecule has 0 saturated carbocycles. The number of amides is 1. The van der Waals surface area contributed by atoms with Crippen LogP contribution in [0.1, 0.15) is 5.56 Å². The van der Waals surface area contributed by atoms with Crippen LogP contribution in [0, 0.1) is 0 Å². The van der Waals surface area contributed by atoms with Crippen molar-refractivity contribution in [3.63, 3.8) is 0 Å². The highest BCUT2D eigenvalue weighted by atomic mass is 35.5. The van der Waals surface area contributed by atoms with Crippen molar-refractivity contribution in [3.8, 4) is 0 Å². The SMILES string of the molecule is O=C(Cn1cc(NCc2cc(Cl)cc(Cl)c2)cn1)NCCO. The minimum atomic E-state index is -0.203. The normalized spacial score (nSPS) is 10.5. The van der Waals surface area contributed by atoms with E-state index in [1.54, 1.807) is 18.5 Å². The van der Waals surface area contributed by atoms with Crippen molar-refractivity contribution in [2.45, 2.75) is 13.1 Å². The molecule has 0 radical (unpaired) electrons. The summed E-state index contributed by atoms with van der Waals surface area (Å²) >= 11 is 11.9. The Kier molecular flexibility index (Phi) is 6.06. The average Bonchev–Trinajstić information content (AvgIpc) is 2.89. The smallest absolute Gasteiger partial charge is 0.241 e. The molecule has 1 heterocycles. The van der Waals surface area contributed by atoms with Gasteiger partial charge in [0.1, 0.15) is 6.54 Å². The molecular weight excluding hydrogens is 327 g/mol. The largest absolute Gasteiger partial charge is 0.395 e. The molecule has 1 aromatic carbocycles. The lowest BCUT2D eigenvalue weighted by Gasteiger charge is -2.05. The molecule has 0 fully saturated rings. The summed E-state index contributed by atoms with van der Waals surface area (Å²) in [6, 6.07) is 5.33. The summed E-state index contributed by atoms with van der Waals surface area (Å²) in [7, 11) is 0. The number of anilines is 1. The quantitative estimate of drug-likeness (QED) is 0.718. The monoisotopic (exact) mass is 342 g/mol. The van der Waals surface area contributed by atoms with Crippen molar-refractivity contribution in [1.29, 1.82) is 0 Å². The molecule has 0 aliphatic heterocycles. The van der Waals surface area contributed by atoms with Gasteiger partial charge in [0.15, 0.2) is 0 Å². The Labute approximate surface area is 138 Å². The second-order valence-corrected chi connectivity index (χ2v) is 5.50. The van der Waals surface area contributed by atoms with E-state index in [-0.39, 0.29) is 25.6 Å². The van der Waals surface area contributed by atoms with Crippen LogP contribution in [0.25, 0.3) is 0 Å². The van der Waals surface area contributed by atoms with E-state index in [1.165, 1.54) is 4.68 Å². The molecule has 0 atom stereocenters. The van der Waals surface area contributed by atoms with Crippen LogP contribution in [0.3, 0.4) is 0 Å². The van der Waals surface area contributed by atoms with Crippen LogP contribution >= 0.6 is 23.2 Å². The summed E-state index contributed by atoms with van der Waals surface area (Å²) in [6.45, 7) is 0.800. The van der Waals surface area contributed by atoms with E-state index < -0.39 is 0 Å². The highest BCUT2D eigenvalue weighted by Crippen LogP contribution is 2.19. The molecule has 2 aromatic rings. The van der Waals surface area contributed by atoms with E-state index in [4.69, 9.17) is 28.3 Å². The maximum atomic E-state index is 11.5. The van der Waals surface area contributed by atoms with Crippen molar-refractivity contribution in [3.05, 3.63) is 46.2 Å². The fourth-order valence-corrected chi connectivity index (χ4v) is 2.43. The van der Waals surface area contributed by atoms with Gasteiger partial charge in [-0.3, -0.25) is 9.48 Å².